The fraction of sp³-hybridized carbons (Fsp3) is 0.485. The molecule has 5 rings (SSSR count). The number of fused-ring (bicyclic) bond motifs is 3. The monoisotopic (exact) mass is 544 g/mol. The maximum Gasteiger partial charge on any atom is 0.190 e. The summed E-state index contributed by atoms with van der Waals surface area (Å²) in [5.74, 6) is -8.84. The zero-order chi connectivity index (χ0) is 29.5. The van der Waals surface area contributed by atoms with Crippen molar-refractivity contribution in [3.05, 3.63) is 53.1 Å². The molecule has 2 aromatic carbocycles. The van der Waals surface area contributed by atoms with Crippen molar-refractivity contribution in [2.24, 2.45) is 34.5 Å². The van der Waals surface area contributed by atoms with E-state index in [0.717, 1.165) is 30.0 Å². The Morgan fingerprint density at radius 1 is 1.05 bits per heavy atom. The number of carbonyl (C=O) groups excluding carboxylic acids is 5. The molecule has 3 aliphatic carbocycles. The SMILES string of the molecule is CCc1cccc(-c2ccc(O)c3c2C[C@]2(C)C[C@]4(C)C(C(C)C)C(=O)C(C(C)=O)C(=O)[C@]4(O)C(=O)C2C3=O)c1. The molecule has 2 saturated carbocycles. The van der Waals surface area contributed by atoms with Gasteiger partial charge in [-0.05, 0) is 65.8 Å². The molecule has 0 amide bonds. The van der Waals surface area contributed by atoms with Crippen LogP contribution in [0.2, 0.25) is 0 Å². The second kappa shape index (κ2) is 9.03. The predicted octanol–water partition coefficient (Wildman–Crippen LogP) is 4.32. The van der Waals surface area contributed by atoms with Crippen molar-refractivity contribution in [1.82, 2.24) is 0 Å². The van der Waals surface area contributed by atoms with Crippen molar-refractivity contribution in [2.45, 2.75) is 66.4 Å². The summed E-state index contributed by atoms with van der Waals surface area (Å²) in [6.07, 6.45) is 1.07. The Morgan fingerprint density at radius 2 is 1.73 bits per heavy atom. The number of rotatable bonds is 4. The van der Waals surface area contributed by atoms with E-state index in [-0.39, 0.29) is 30.1 Å². The Balaban J connectivity index is 1.74. The molecular formula is C33H36O7. The highest BCUT2D eigenvalue weighted by molar-refractivity contribution is 6.32. The van der Waals surface area contributed by atoms with Crippen LogP contribution < -0.4 is 0 Å². The van der Waals surface area contributed by atoms with Crippen LogP contribution in [0, 0.1) is 34.5 Å². The Labute approximate surface area is 234 Å². The van der Waals surface area contributed by atoms with Gasteiger partial charge in [-0.25, -0.2) is 0 Å². The zero-order valence-corrected chi connectivity index (χ0v) is 23.8. The lowest BCUT2D eigenvalue weighted by atomic mass is 9.40. The quantitative estimate of drug-likeness (QED) is 0.549. The molecule has 210 valence electrons. The average molecular weight is 545 g/mol. The molecule has 2 fully saturated rings. The average Bonchev–Trinajstić information content (AvgIpc) is 2.86. The van der Waals surface area contributed by atoms with Gasteiger partial charge in [0.1, 0.15) is 17.5 Å². The number of benzene rings is 2. The molecule has 0 bridgehead atoms. The van der Waals surface area contributed by atoms with Crippen molar-refractivity contribution in [2.75, 3.05) is 0 Å². The lowest BCUT2D eigenvalue weighted by Gasteiger charge is -2.61. The Hall–Kier alpha value is -3.45. The first-order valence-electron chi connectivity index (χ1n) is 14.0. The standard InChI is InChI=1S/C33H36O7/c1-7-18-9-8-10-19(13-18)20-11-12-22(35)24-21(20)14-31(5)15-32(6)25(16(2)3)27(36)23(17(4)34)29(38)33(32,40)30(39)26(31)28(24)37/h8-13,16,23,25-26,35,40H,7,14-15H2,1-6H3/t23?,25?,26?,31-,32-,33+/m1/s1. The van der Waals surface area contributed by atoms with Crippen LogP contribution in [0.25, 0.3) is 11.1 Å². The topological polar surface area (TPSA) is 126 Å². The van der Waals surface area contributed by atoms with Crippen molar-refractivity contribution in [3.63, 3.8) is 0 Å². The van der Waals surface area contributed by atoms with Crippen molar-refractivity contribution < 1.29 is 34.2 Å². The minimum atomic E-state index is -2.69. The number of hydrogen-bond donors (Lipinski definition) is 2. The Morgan fingerprint density at radius 3 is 2.33 bits per heavy atom. The Bertz CT molecular complexity index is 1500. The minimum absolute atomic E-state index is 0.0188. The van der Waals surface area contributed by atoms with Gasteiger partial charge in [0.2, 0.25) is 0 Å². The van der Waals surface area contributed by atoms with E-state index in [2.05, 4.69) is 0 Å². The summed E-state index contributed by atoms with van der Waals surface area (Å²) in [6, 6.07) is 11.1. The summed E-state index contributed by atoms with van der Waals surface area (Å²) in [4.78, 5) is 68.4. The van der Waals surface area contributed by atoms with Crippen LogP contribution in [0.15, 0.2) is 36.4 Å². The van der Waals surface area contributed by atoms with Gasteiger partial charge < -0.3 is 10.2 Å². The van der Waals surface area contributed by atoms with Crippen LogP contribution in [0.1, 0.15) is 69.4 Å². The van der Waals surface area contributed by atoms with E-state index in [4.69, 9.17) is 0 Å². The number of phenols is 1. The third-order valence-corrected chi connectivity index (χ3v) is 9.91. The molecule has 2 N–H and O–H groups in total. The number of ketones is 5. The number of hydrogen-bond acceptors (Lipinski definition) is 7. The van der Waals surface area contributed by atoms with Crippen LogP contribution in [0.5, 0.6) is 5.75 Å². The number of Topliss-reactive ketones (excluding diaryl/α,β-unsaturated/α-hetero) is 5. The molecule has 2 aromatic rings. The highest BCUT2D eigenvalue weighted by Gasteiger charge is 2.76. The van der Waals surface area contributed by atoms with Crippen LogP contribution in [0.4, 0.5) is 0 Å². The fourth-order valence-electron chi connectivity index (χ4n) is 8.37. The van der Waals surface area contributed by atoms with E-state index < -0.39 is 63.1 Å². The highest BCUT2D eigenvalue weighted by Crippen LogP contribution is 2.64. The van der Waals surface area contributed by atoms with Crippen LogP contribution in [-0.4, -0.2) is 44.7 Å². The van der Waals surface area contributed by atoms with Gasteiger partial charge in [-0.2, -0.15) is 0 Å². The second-order valence-electron chi connectivity index (χ2n) is 12.9. The van der Waals surface area contributed by atoms with Gasteiger partial charge in [-0.15, -0.1) is 0 Å². The number of phenolic OH excluding ortho intramolecular Hbond substituents is 1. The van der Waals surface area contributed by atoms with Gasteiger partial charge in [0.15, 0.2) is 28.7 Å². The van der Waals surface area contributed by atoms with Crippen LogP contribution in [0.3, 0.4) is 0 Å². The zero-order valence-electron chi connectivity index (χ0n) is 23.8. The lowest BCUT2D eigenvalue weighted by Crippen LogP contribution is -2.76. The number of aromatic hydroxyl groups is 1. The first kappa shape index (κ1) is 28.1. The van der Waals surface area contributed by atoms with Crippen LogP contribution >= 0.6 is 0 Å². The molecule has 7 nitrogen and oxygen atoms in total. The molecular weight excluding hydrogens is 508 g/mol. The van der Waals surface area contributed by atoms with Crippen molar-refractivity contribution in [1.29, 1.82) is 0 Å². The lowest BCUT2D eigenvalue weighted by molar-refractivity contribution is -0.205. The van der Waals surface area contributed by atoms with Crippen LogP contribution in [-0.2, 0) is 32.0 Å². The third-order valence-electron chi connectivity index (χ3n) is 9.91. The normalized spacial score (nSPS) is 33.5. The maximum absolute atomic E-state index is 14.4. The highest BCUT2D eigenvalue weighted by atomic mass is 16.3. The second-order valence-corrected chi connectivity index (χ2v) is 12.9. The number of aryl methyl sites for hydroxylation is 1. The summed E-state index contributed by atoms with van der Waals surface area (Å²) in [6.45, 7) is 10.1. The van der Waals surface area contributed by atoms with Gasteiger partial charge in [0.05, 0.1) is 11.5 Å². The molecule has 7 heteroatoms. The van der Waals surface area contributed by atoms with E-state index >= 15 is 0 Å². The molecule has 3 unspecified atom stereocenters. The molecule has 0 saturated heterocycles. The largest absolute Gasteiger partial charge is 0.507 e. The van der Waals surface area contributed by atoms with Crippen molar-refractivity contribution >= 4 is 28.9 Å². The number of aliphatic hydroxyl groups is 1. The summed E-state index contributed by atoms with van der Waals surface area (Å²) >= 11 is 0. The molecule has 0 radical (unpaired) electrons. The molecule has 3 aliphatic rings. The Kier molecular flexibility index (Phi) is 6.34. The fourth-order valence-corrected chi connectivity index (χ4v) is 8.37. The minimum Gasteiger partial charge on any atom is -0.507 e. The van der Waals surface area contributed by atoms with Gasteiger partial charge in [-0.1, -0.05) is 65.0 Å². The molecule has 0 aliphatic heterocycles. The van der Waals surface area contributed by atoms with E-state index in [1.165, 1.54) is 6.07 Å². The number of carbonyl (C=O) groups is 5. The van der Waals surface area contributed by atoms with Gasteiger partial charge in [0.25, 0.3) is 0 Å². The molecule has 0 aromatic heterocycles. The van der Waals surface area contributed by atoms with E-state index in [0.29, 0.717) is 5.56 Å². The van der Waals surface area contributed by atoms with E-state index in [9.17, 15) is 34.2 Å². The molecule has 40 heavy (non-hydrogen) atoms. The smallest absolute Gasteiger partial charge is 0.190 e. The third kappa shape index (κ3) is 3.49. The summed E-state index contributed by atoms with van der Waals surface area (Å²) in [7, 11) is 0. The molecule has 0 heterocycles. The summed E-state index contributed by atoms with van der Waals surface area (Å²) < 4.78 is 0. The molecule has 6 atom stereocenters. The summed E-state index contributed by atoms with van der Waals surface area (Å²) in [5, 5.41) is 23.0. The van der Waals surface area contributed by atoms with E-state index in [1.54, 1.807) is 33.8 Å². The predicted molar refractivity (Wildman–Crippen MR) is 148 cm³/mol. The summed E-state index contributed by atoms with van der Waals surface area (Å²) in [5.41, 5.74) is -1.89. The van der Waals surface area contributed by atoms with Crippen molar-refractivity contribution in [3.8, 4) is 16.9 Å². The van der Waals surface area contributed by atoms with Gasteiger partial charge in [-0.3, -0.25) is 24.0 Å². The molecule has 0 spiro atoms. The first-order chi connectivity index (χ1) is 18.6. The maximum atomic E-state index is 14.4. The van der Waals surface area contributed by atoms with E-state index in [1.807, 2.05) is 31.2 Å². The first-order valence-corrected chi connectivity index (χ1v) is 14.0. The van der Waals surface area contributed by atoms with Gasteiger partial charge >= 0.3 is 0 Å². The van der Waals surface area contributed by atoms with Gasteiger partial charge in [0, 0.05) is 11.3 Å².